The van der Waals surface area contributed by atoms with Gasteiger partial charge in [-0.25, -0.2) is 0 Å². The first-order chi connectivity index (χ1) is 5.77. The summed E-state index contributed by atoms with van der Waals surface area (Å²) in [7, 11) is 0. The number of rotatable bonds is 5. The molecule has 0 aliphatic heterocycles. The number of hydrogen-bond donors (Lipinski definition) is 0. The second kappa shape index (κ2) is 8.05. The Morgan fingerprint density at radius 2 is 2.08 bits per heavy atom. The fourth-order valence-corrected chi connectivity index (χ4v) is 0.699. The van der Waals surface area contributed by atoms with Crippen molar-refractivity contribution in [3.63, 3.8) is 0 Å². The Morgan fingerprint density at radius 1 is 1.33 bits per heavy atom. The van der Waals surface area contributed by atoms with Crippen LogP contribution in [0.5, 0.6) is 0 Å². The SMILES string of the molecule is C/C=C/C/C=C/CCOC(C)=O. The maximum Gasteiger partial charge on any atom is 0.302 e. The van der Waals surface area contributed by atoms with Gasteiger partial charge >= 0.3 is 5.97 Å². The number of hydrogen-bond acceptors (Lipinski definition) is 2. The van der Waals surface area contributed by atoms with Crippen LogP contribution in [-0.2, 0) is 9.53 Å². The zero-order valence-corrected chi connectivity index (χ0v) is 7.75. The van der Waals surface area contributed by atoms with Gasteiger partial charge in [0.2, 0.25) is 0 Å². The minimum Gasteiger partial charge on any atom is -0.466 e. The van der Waals surface area contributed by atoms with Crippen LogP contribution in [0, 0.1) is 0 Å². The first-order valence-corrected chi connectivity index (χ1v) is 4.17. The molecule has 0 atom stereocenters. The molecule has 0 aromatic heterocycles. The van der Waals surface area contributed by atoms with E-state index in [1.807, 2.05) is 19.1 Å². The molecule has 0 aliphatic rings. The molecule has 0 aromatic carbocycles. The van der Waals surface area contributed by atoms with Gasteiger partial charge < -0.3 is 4.74 Å². The van der Waals surface area contributed by atoms with Gasteiger partial charge in [-0.15, -0.1) is 0 Å². The van der Waals surface area contributed by atoms with Crippen LogP contribution in [0.15, 0.2) is 24.3 Å². The van der Waals surface area contributed by atoms with Crippen molar-refractivity contribution in [2.75, 3.05) is 6.61 Å². The summed E-state index contributed by atoms with van der Waals surface area (Å²) in [6.07, 6.45) is 9.92. The van der Waals surface area contributed by atoms with Crippen LogP contribution in [0.3, 0.4) is 0 Å². The monoisotopic (exact) mass is 168 g/mol. The summed E-state index contributed by atoms with van der Waals surface area (Å²) in [5, 5.41) is 0. The van der Waals surface area contributed by atoms with Crippen LogP contribution < -0.4 is 0 Å². The molecule has 0 rings (SSSR count). The molecule has 0 saturated heterocycles. The number of esters is 1. The van der Waals surface area contributed by atoms with E-state index in [4.69, 9.17) is 4.74 Å². The van der Waals surface area contributed by atoms with Crippen LogP contribution in [0.4, 0.5) is 0 Å². The Hall–Kier alpha value is -1.05. The largest absolute Gasteiger partial charge is 0.466 e. The Morgan fingerprint density at radius 3 is 2.67 bits per heavy atom. The molecule has 12 heavy (non-hydrogen) atoms. The van der Waals surface area contributed by atoms with Crippen molar-refractivity contribution < 1.29 is 9.53 Å². The molecule has 0 aromatic rings. The van der Waals surface area contributed by atoms with Crippen molar-refractivity contribution in [1.82, 2.24) is 0 Å². The van der Waals surface area contributed by atoms with Crippen molar-refractivity contribution in [1.29, 1.82) is 0 Å². The molecule has 0 bridgehead atoms. The van der Waals surface area contributed by atoms with E-state index < -0.39 is 0 Å². The molecule has 0 radical (unpaired) electrons. The summed E-state index contributed by atoms with van der Waals surface area (Å²) in [6, 6.07) is 0. The number of carbonyl (C=O) groups is 1. The maximum atomic E-state index is 10.3. The first kappa shape index (κ1) is 11.0. The Labute approximate surface area is 73.9 Å². The predicted molar refractivity (Wildman–Crippen MR) is 49.8 cm³/mol. The standard InChI is InChI=1S/C10H16O2/c1-3-4-5-6-7-8-9-12-10(2)11/h3-4,6-7H,5,8-9H2,1-2H3/b4-3+,7-6+. The van der Waals surface area contributed by atoms with Crippen LogP contribution in [-0.4, -0.2) is 12.6 Å². The van der Waals surface area contributed by atoms with E-state index in [0.29, 0.717) is 6.61 Å². The third-order valence-corrected chi connectivity index (χ3v) is 1.26. The second-order valence-electron chi connectivity index (χ2n) is 2.40. The summed E-state index contributed by atoms with van der Waals surface area (Å²) in [5.41, 5.74) is 0. The number of carbonyl (C=O) groups excluding carboxylic acids is 1. The fourth-order valence-electron chi connectivity index (χ4n) is 0.699. The van der Waals surface area contributed by atoms with Gasteiger partial charge in [0.1, 0.15) is 0 Å². The van der Waals surface area contributed by atoms with Gasteiger partial charge in [0, 0.05) is 6.92 Å². The summed E-state index contributed by atoms with van der Waals surface area (Å²) < 4.78 is 4.74. The predicted octanol–water partition coefficient (Wildman–Crippen LogP) is 2.46. The van der Waals surface area contributed by atoms with E-state index in [1.165, 1.54) is 6.92 Å². The summed E-state index contributed by atoms with van der Waals surface area (Å²) in [6.45, 7) is 3.90. The number of allylic oxidation sites excluding steroid dienone is 3. The van der Waals surface area contributed by atoms with Crippen LogP contribution >= 0.6 is 0 Å². The minimum atomic E-state index is -0.211. The highest BCUT2D eigenvalue weighted by molar-refractivity contribution is 5.65. The molecule has 2 nitrogen and oxygen atoms in total. The molecular formula is C10H16O2. The molecule has 0 aliphatic carbocycles. The van der Waals surface area contributed by atoms with Crippen molar-refractivity contribution in [2.24, 2.45) is 0 Å². The zero-order valence-electron chi connectivity index (χ0n) is 7.75. The average Bonchev–Trinajstić information content (AvgIpc) is 2.02. The Bertz CT molecular complexity index is 169. The van der Waals surface area contributed by atoms with Gasteiger partial charge in [-0.05, 0) is 19.8 Å². The van der Waals surface area contributed by atoms with Crippen LogP contribution in [0.2, 0.25) is 0 Å². The molecule has 0 spiro atoms. The van der Waals surface area contributed by atoms with Gasteiger partial charge in [-0.1, -0.05) is 24.3 Å². The van der Waals surface area contributed by atoms with E-state index >= 15 is 0 Å². The fraction of sp³-hybridized carbons (Fsp3) is 0.500. The average molecular weight is 168 g/mol. The lowest BCUT2D eigenvalue weighted by atomic mass is 10.3. The summed E-state index contributed by atoms with van der Waals surface area (Å²) in [4.78, 5) is 10.3. The topological polar surface area (TPSA) is 26.3 Å². The van der Waals surface area contributed by atoms with E-state index in [0.717, 1.165) is 12.8 Å². The Balaban J connectivity index is 3.19. The molecule has 68 valence electrons. The maximum absolute atomic E-state index is 10.3. The van der Waals surface area contributed by atoms with Crippen molar-refractivity contribution in [3.05, 3.63) is 24.3 Å². The van der Waals surface area contributed by atoms with Crippen molar-refractivity contribution in [3.8, 4) is 0 Å². The van der Waals surface area contributed by atoms with Gasteiger partial charge in [-0.3, -0.25) is 4.79 Å². The quantitative estimate of drug-likeness (QED) is 0.358. The molecular weight excluding hydrogens is 152 g/mol. The van der Waals surface area contributed by atoms with Crippen molar-refractivity contribution in [2.45, 2.75) is 26.7 Å². The third-order valence-electron chi connectivity index (χ3n) is 1.26. The van der Waals surface area contributed by atoms with E-state index in [9.17, 15) is 4.79 Å². The van der Waals surface area contributed by atoms with E-state index in [2.05, 4.69) is 12.2 Å². The second-order valence-corrected chi connectivity index (χ2v) is 2.40. The highest BCUT2D eigenvalue weighted by Crippen LogP contribution is 1.90. The molecule has 2 heteroatoms. The Kier molecular flexibility index (Phi) is 7.35. The molecule has 0 unspecified atom stereocenters. The van der Waals surface area contributed by atoms with E-state index in [1.54, 1.807) is 0 Å². The highest BCUT2D eigenvalue weighted by atomic mass is 16.5. The molecule has 0 saturated carbocycles. The normalized spacial score (nSPS) is 11.2. The van der Waals surface area contributed by atoms with Gasteiger partial charge in [-0.2, -0.15) is 0 Å². The lowest BCUT2D eigenvalue weighted by Crippen LogP contribution is -1.98. The molecule has 0 fully saturated rings. The van der Waals surface area contributed by atoms with Gasteiger partial charge in [0.25, 0.3) is 0 Å². The zero-order chi connectivity index (χ0) is 9.23. The summed E-state index contributed by atoms with van der Waals surface area (Å²) >= 11 is 0. The molecule has 0 N–H and O–H groups in total. The number of ether oxygens (including phenoxy) is 1. The molecule has 0 amide bonds. The van der Waals surface area contributed by atoms with E-state index in [-0.39, 0.29) is 5.97 Å². The molecule has 0 heterocycles. The van der Waals surface area contributed by atoms with Gasteiger partial charge in [0.05, 0.1) is 6.61 Å². The van der Waals surface area contributed by atoms with Crippen molar-refractivity contribution >= 4 is 5.97 Å². The lowest BCUT2D eigenvalue weighted by Gasteiger charge is -1.95. The van der Waals surface area contributed by atoms with Crippen LogP contribution in [0.1, 0.15) is 26.7 Å². The third kappa shape index (κ3) is 8.95. The minimum absolute atomic E-state index is 0.211. The highest BCUT2D eigenvalue weighted by Gasteiger charge is 1.87. The summed E-state index contributed by atoms with van der Waals surface area (Å²) in [5.74, 6) is -0.211. The van der Waals surface area contributed by atoms with Crippen LogP contribution in [0.25, 0.3) is 0 Å². The smallest absolute Gasteiger partial charge is 0.302 e. The lowest BCUT2D eigenvalue weighted by molar-refractivity contribution is -0.140. The van der Waals surface area contributed by atoms with Gasteiger partial charge in [0.15, 0.2) is 0 Å². The first-order valence-electron chi connectivity index (χ1n) is 4.17.